The van der Waals surface area contributed by atoms with Gasteiger partial charge in [-0.15, -0.1) is 10.2 Å². The van der Waals surface area contributed by atoms with Gasteiger partial charge in [-0.3, -0.25) is 4.57 Å². The Morgan fingerprint density at radius 1 is 1.25 bits per heavy atom. The molecule has 1 aromatic carbocycles. The second-order valence-electron chi connectivity index (χ2n) is 12.2. The average molecular weight is 645 g/mol. The van der Waals surface area contributed by atoms with Crippen molar-refractivity contribution in [3.63, 3.8) is 0 Å². The van der Waals surface area contributed by atoms with Crippen LogP contribution in [0, 0.1) is 11.3 Å². The number of nitrogens with zero attached hydrogens (tertiary/aromatic N) is 7. The molecular weight excluding hydrogens is 614 g/mol. The van der Waals surface area contributed by atoms with Gasteiger partial charge in [-0.2, -0.15) is 9.98 Å². The third kappa shape index (κ3) is 5.48. The molecule has 1 saturated heterocycles. The van der Waals surface area contributed by atoms with Gasteiger partial charge in [-0.1, -0.05) is 17.4 Å². The third-order valence-corrected chi connectivity index (χ3v) is 10.3. The van der Waals surface area contributed by atoms with Gasteiger partial charge in [0.15, 0.2) is 10.7 Å². The van der Waals surface area contributed by atoms with Gasteiger partial charge in [0.1, 0.15) is 17.5 Å². The van der Waals surface area contributed by atoms with Crippen LogP contribution in [-0.2, 0) is 14.8 Å². The van der Waals surface area contributed by atoms with Crippen molar-refractivity contribution in [2.24, 2.45) is 0 Å². The molecule has 1 aliphatic heterocycles. The average Bonchev–Trinajstić information content (AvgIpc) is 3.39. The number of nitrogens with one attached hydrogen (secondary N) is 1. The number of likely N-dealkylation sites (tertiary alicyclic amines) is 1. The molecule has 3 aromatic heterocycles. The first-order chi connectivity index (χ1) is 20.7. The minimum absolute atomic E-state index is 0.0882. The summed E-state index contributed by atoms with van der Waals surface area (Å²) in [5.74, 6) is -0.0882. The molecule has 4 heterocycles. The number of halogens is 2. The minimum Gasteiger partial charge on any atom is -0.444 e. The molecule has 1 amide bonds. The van der Waals surface area contributed by atoms with Crippen molar-refractivity contribution >= 4 is 49.4 Å². The van der Waals surface area contributed by atoms with Crippen LogP contribution >= 0.6 is 11.3 Å². The van der Waals surface area contributed by atoms with E-state index in [2.05, 4.69) is 24.9 Å². The van der Waals surface area contributed by atoms with E-state index < -0.39 is 32.6 Å². The summed E-state index contributed by atoms with van der Waals surface area (Å²) in [7, 11) is -4.09. The van der Waals surface area contributed by atoms with Gasteiger partial charge in [0.25, 0.3) is 6.43 Å². The summed E-state index contributed by atoms with van der Waals surface area (Å²) in [4.78, 5) is 23.6. The number of ether oxygens (including phenoxy) is 1. The van der Waals surface area contributed by atoms with Crippen LogP contribution in [-0.4, -0.2) is 67.9 Å². The number of fused-ring (bicyclic) bond motifs is 3. The topological polar surface area (TPSA) is 156 Å². The highest BCUT2D eigenvalue weighted by molar-refractivity contribution is 7.89. The molecule has 2 unspecified atom stereocenters. The lowest BCUT2D eigenvalue weighted by molar-refractivity contribution is 0.0103. The maximum absolute atomic E-state index is 13.5. The van der Waals surface area contributed by atoms with E-state index in [1.807, 2.05) is 33.8 Å². The highest BCUT2D eigenvalue weighted by Crippen LogP contribution is 2.41. The first kappa shape index (κ1) is 30.2. The van der Waals surface area contributed by atoms with Crippen molar-refractivity contribution in [1.82, 2.24) is 34.4 Å². The first-order valence-electron chi connectivity index (χ1n) is 14.1. The molecular formula is C28H30F2N8O4S2. The van der Waals surface area contributed by atoms with Gasteiger partial charge in [-0.05, 0) is 65.5 Å². The molecule has 16 heteroatoms. The van der Waals surface area contributed by atoms with Crippen molar-refractivity contribution in [3.8, 4) is 11.2 Å². The first-order valence-corrected chi connectivity index (χ1v) is 16.4. The Morgan fingerprint density at radius 3 is 2.61 bits per heavy atom. The zero-order chi connectivity index (χ0) is 31.6. The Hall–Kier alpha value is -3.81. The molecule has 44 heavy (non-hydrogen) atoms. The van der Waals surface area contributed by atoms with Crippen molar-refractivity contribution in [1.29, 1.82) is 5.26 Å². The summed E-state index contributed by atoms with van der Waals surface area (Å²) >= 11 is 0.679. The number of piperidine rings is 1. The Kier molecular flexibility index (Phi) is 7.33. The number of hydrogen-bond donors (Lipinski definition) is 1. The van der Waals surface area contributed by atoms with E-state index in [4.69, 9.17) is 4.74 Å². The minimum atomic E-state index is -4.09. The largest absolute Gasteiger partial charge is 0.444 e. The number of amides is 1. The zero-order valence-corrected chi connectivity index (χ0v) is 26.0. The summed E-state index contributed by atoms with van der Waals surface area (Å²) in [5, 5.41) is 17.9. The highest BCUT2D eigenvalue weighted by atomic mass is 32.2. The van der Waals surface area contributed by atoms with E-state index in [9.17, 15) is 27.3 Å². The molecule has 4 aromatic rings. The molecule has 0 bridgehead atoms. The summed E-state index contributed by atoms with van der Waals surface area (Å²) < 4.78 is 63.2. The van der Waals surface area contributed by atoms with Crippen LogP contribution in [0.2, 0.25) is 0 Å². The summed E-state index contributed by atoms with van der Waals surface area (Å²) in [6.45, 7) is 7.84. The van der Waals surface area contributed by atoms with Gasteiger partial charge in [0.2, 0.25) is 15.2 Å². The molecule has 232 valence electrons. The van der Waals surface area contributed by atoms with Crippen LogP contribution in [0.5, 0.6) is 0 Å². The van der Waals surface area contributed by atoms with Gasteiger partial charge in [0.05, 0.1) is 22.2 Å². The summed E-state index contributed by atoms with van der Waals surface area (Å²) in [5.41, 5.74) is -0.331. The third-order valence-electron chi connectivity index (χ3n) is 7.85. The lowest BCUT2D eigenvalue weighted by Crippen LogP contribution is -2.46. The molecule has 1 saturated carbocycles. The smallest absolute Gasteiger partial charge is 0.410 e. The fourth-order valence-corrected chi connectivity index (χ4v) is 7.72. The van der Waals surface area contributed by atoms with Gasteiger partial charge >= 0.3 is 6.09 Å². The number of rotatable bonds is 6. The molecule has 6 rings (SSSR count). The maximum atomic E-state index is 13.5. The number of hydrogen-bond acceptors (Lipinski definition) is 10. The van der Waals surface area contributed by atoms with Crippen LogP contribution < -0.4 is 4.72 Å². The van der Waals surface area contributed by atoms with Gasteiger partial charge in [-0.25, -0.2) is 32.0 Å². The molecule has 2 atom stereocenters. The molecule has 1 N–H and O–H groups in total. The van der Waals surface area contributed by atoms with Crippen LogP contribution in [0.1, 0.15) is 76.4 Å². The number of aromatic nitrogens is 5. The Balaban J connectivity index is 1.46. The molecule has 2 aliphatic rings. The number of nitriles is 1. The second-order valence-corrected chi connectivity index (χ2v) is 14.9. The predicted molar refractivity (Wildman–Crippen MR) is 157 cm³/mol. The van der Waals surface area contributed by atoms with Crippen LogP contribution in [0.4, 0.5) is 13.6 Å². The molecule has 12 nitrogen and oxygen atoms in total. The Labute approximate surface area is 256 Å². The summed E-state index contributed by atoms with van der Waals surface area (Å²) in [6.07, 6.45) is 0.161. The van der Waals surface area contributed by atoms with E-state index in [1.54, 1.807) is 11.0 Å². The number of sulfonamides is 1. The van der Waals surface area contributed by atoms with E-state index in [1.165, 1.54) is 23.0 Å². The van der Waals surface area contributed by atoms with E-state index >= 15 is 0 Å². The maximum Gasteiger partial charge on any atom is 0.410 e. The van der Waals surface area contributed by atoms with E-state index in [0.29, 0.717) is 71.2 Å². The predicted octanol–water partition coefficient (Wildman–Crippen LogP) is 5.20. The number of benzene rings is 1. The quantitative estimate of drug-likeness (QED) is 0.298. The molecule has 1 aliphatic carbocycles. The van der Waals surface area contributed by atoms with Crippen molar-refractivity contribution < 1.29 is 26.7 Å². The molecule has 2 fully saturated rings. The van der Waals surface area contributed by atoms with Crippen LogP contribution in [0.3, 0.4) is 0 Å². The normalized spacial score (nSPS) is 20.3. The zero-order valence-electron chi connectivity index (χ0n) is 24.4. The van der Waals surface area contributed by atoms with Gasteiger partial charge in [0, 0.05) is 29.3 Å². The number of alkyl halides is 2. The van der Waals surface area contributed by atoms with E-state index in [0.717, 1.165) is 0 Å². The standard InChI is InChI=1S/C28H30F2N8O4S2/c1-15-11-16(7-10-37(15)26(39)42-27(2,3)4)21-20-18-6-5-17(44(40,41)36-28(13-31)8-9-28)12-19(18)38(23(20)33-14-32-21)25-35-34-24(43-25)22(29)30/h5-6,12,14-16,22,36H,7-11H2,1-4H3. The van der Waals surface area contributed by atoms with Crippen LogP contribution in [0.25, 0.3) is 27.1 Å². The highest BCUT2D eigenvalue weighted by Gasteiger charge is 2.47. The summed E-state index contributed by atoms with van der Waals surface area (Å²) in [6, 6.07) is 6.37. The Morgan fingerprint density at radius 2 is 2.00 bits per heavy atom. The van der Waals surface area contributed by atoms with Crippen LogP contribution in [0.15, 0.2) is 29.4 Å². The van der Waals surface area contributed by atoms with Gasteiger partial charge < -0.3 is 9.64 Å². The molecule has 0 spiro atoms. The fraction of sp³-hybridized carbons (Fsp3) is 0.500. The fourth-order valence-electron chi connectivity index (χ4n) is 5.60. The van der Waals surface area contributed by atoms with Crippen molar-refractivity contribution in [3.05, 3.63) is 35.2 Å². The number of carbonyl (C=O) groups is 1. The lowest BCUT2D eigenvalue weighted by atomic mass is 9.87. The lowest BCUT2D eigenvalue weighted by Gasteiger charge is -2.38. The van der Waals surface area contributed by atoms with E-state index in [-0.39, 0.29) is 28.1 Å². The Bertz CT molecular complexity index is 1930. The second kappa shape index (κ2) is 10.7. The molecule has 0 radical (unpaired) electrons. The van der Waals surface area contributed by atoms with Crippen molar-refractivity contribution in [2.45, 2.75) is 87.8 Å². The SMILES string of the molecule is CC1CC(c2ncnc3c2c2ccc(S(=O)(=O)NC4(C#N)CC4)cc2n3-c2nnc(C(F)F)s2)CCN1C(=O)OC(C)(C)C. The monoisotopic (exact) mass is 644 g/mol. The number of carbonyl (C=O) groups excluding carboxylic acids is 1. The van der Waals surface area contributed by atoms with Crippen molar-refractivity contribution in [2.75, 3.05) is 6.54 Å².